The van der Waals surface area contributed by atoms with E-state index in [-0.39, 0.29) is 0 Å². The summed E-state index contributed by atoms with van der Waals surface area (Å²) in [5.41, 5.74) is 0.891. The zero-order valence-corrected chi connectivity index (χ0v) is 7.47. The van der Waals surface area contributed by atoms with E-state index in [1.54, 1.807) is 6.92 Å². The van der Waals surface area contributed by atoms with Gasteiger partial charge in [-0.1, -0.05) is 0 Å². The number of aldehydes is 1. The third kappa shape index (κ3) is 1.35. The summed E-state index contributed by atoms with van der Waals surface area (Å²) in [4.78, 5) is 21.7. The van der Waals surface area contributed by atoms with Gasteiger partial charge in [-0.15, -0.1) is 0 Å². The summed E-state index contributed by atoms with van der Waals surface area (Å²) in [5, 5.41) is 0. The van der Waals surface area contributed by atoms with Gasteiger partial charge in [-0.3, -0.25) is 4.79 Å². The smallest absolute Gasteiger partial charge is 0.349 e. The predicted molar refractivity (Wildman–Crippen MR) is 43.6 cm³/mol. The van der Waals surface area contributed by atoms with Crippen molar-refractivity contribution in [3.05, 3.63) is 16.1 Å². The second-order valence-corrected chi connectivity index (χ2v) is 2.90. The lowest BCUT2D eigenvalue weighted by atomic mass is 10.2. The zero-order chi connectivity index (χ0) is 9.14. The number of carbonyl (C=O) groups is 2. The van der Waals surface area contributed by atoms with E-state index in [9.17, 15) is 9.59 Å². The highest BCUT2D eigenvalue weighted by Crippen LogP contribution is 2.16. The summed E-state index contributed by atoms with van der Waals surface area (Å²) in [6.45, 7) is 1.67. The second-order valence-electron chi connectivity index (χ2n) is 2.13. The molecule has 0 bridgehead atoms. The van der Waals surface area contributed by atoms with E-state index in [0.29, 0.717) is 22.4 Å². The minimum atomic E-state index is -0.446. The Morgan fingerprint density at radius 2 is 2.33 bits per heavy atom. The van der Waals surface area contributed by atoms with E-state index in [2.05, 4.69) is 9.11 Å². The van der Waals surface area contributed by atoms with Gasteiger partial charge in [-0.25, -0.2) is 4.79 Å². The Morgan fingerprint density at radius 1 is 1.67 bits per heavy atom. The maximum absolute atomic E-state index is 11.0. The maximum Gasteiger partial charge on any atom is 0.349 e. The largest absolute Gasteiger partial charge is 0.465 e. The summed E-state index contributed by atoms with van der Waals surface area (Å²) in [7, 11) is 1.29. The summed E-state index contributed by atoms with van der Waals surface area (Å²) in [5.74, 6) is -0.446. The van der Waals surface area contributed by atoms with Gasteiger partial charge in [-0.05, 0) is 18.5 Å². The molecular formula is C7H7NO3S. The monoisotopic (exact) mass is 185 g/mol. The number of hydrogen-bond acceptors (Lipinski definition) is 5. The highest BCUT2D eigenvalue weighted by molar-refractivity contribution is 7.08. The van der Waals surface area contributed by atoms with E-state index in [0.717, 1.165) is 11.5 Å². The molecule has 0 spiro atoms. The van der Waals surface area contributed by atoms with E-state index in [1.807, 2.05) is 0 Å². The summed E-state index contributed by atoms with van der Waals surface area (Å²) < 4.78 is 8.27. The molecule has 0 fully saturated rings. The molecule has 0 N–H and O–H groups in total. The van der Waals surface area contributed by atoms with Crippen molar-refractivity contribution in [2.24, 2.45) is 0 Å². The van der Waals surface area contributed by atoms with Crippen molar-refractivity contribution in [3.8, 4) is 0 Å². The standard InChI is InChI=1S/C7H7NO3S/c1-4-5(3-9)8-12-6(4)7(10)11-2/h3H,1-2H3. The van der Waals surface area contributed by atoms with Gasteiger partial charge in [0.25, 0.3) is 0 Å². The van der Waals surface area contributed by atoms with Crippen molar-refractivity contribution < 1.29 is 14.3 Å². The molecular weight excluding hydrogens is 178 g/mol. The molecule has 0 unspecified atom stereocenters. The van der Waals surface area contributed by atoms with Gasteiger partial charge >= 0.3 is 5.97 Å². The Labute approximate surface area is 73.3 Å². The molecule has 1 aromatic heterocycles. The van der Waals surface area contributed by atoms with Crippen LogP contribution in [-0.4, -0.2) is 23.7 Å². The van der Waals surface area contributed by atoms with Gasteiger partial charge in [0.15, 0.2) is 6.29 Å². The molecule has 0 aliphatic heterocycles. The molecule has 0 saturated carbocycles. The van der Waals surface area contributed by atoms with Crippen molar-refractivity contribution >= 4 is 23.8 Å². The Morgan fingerprint density at radius 3 is 2.75 bits per heavy atom. The van der Waals surface area contributed by atoms with Gasteiger partial charge in [0, 0.05) is 5.56 Å². The number of methoxy groups -OCH3 is 1. The fourth-order valence-electron chi connectivity index (χ4n) is 0.741. The third-order valence-corrected chi connectivity index (χ3v) is 2.39. The van der Waals surface area contributed by atoms with Crippen LogP contribution in [0.2, 0.25) is 0 Å². The number of carbonyl (C=O) groups excluding carboxylic acids is 2. The molecule has 64 valence electrons. The van der Waals surface area contributed by atoms with Crippen LogP contribution in [-0.2, 0) is 4.74 Å². The highest BCUT2D eigenvalue weighted by Gasteiger charge is 2.15. The van der Waals surface area contributed by atoms with Gasteiger partial charge in [0.1, 0.15) is 10.6 Å². The lowest BCUT2D eigenvalue weighted by Crippen LogP contribution is -2.00. The van der Waals surface area contributed by atoms with Crippen LogP contribution in [0.25, 0.3) is 0 Å². The Hall–Kier alpha value is -1.23. The molecule has 0 aliphatic rings. The zero-order valence-electron chi connectivity index (χ0n) is 6.66. The van der Waals surface area contributed by atoms with E-state index >= 15 is 0 Å². The molecule has 0 amide bonds. The van der Waals surface area contributed by atoms with E-state index in [1.165, 1.54) is 7.11 Å². The fourth-order valence-corrected chi connectivity index (χ4v) is 1.51. The van der Waals surface area contributed by atoms with E-state index < -0.39 is 5.97 Å². The van der Waals surface area contributed by atoms with Gasteiger partial charge < -0.3 is 4.74 Å². The topological polar surface area (TPSA) is 56.3 Å². The number of nitrogens with zero attached hydrogens (tertiary/aromatic N) is 1. The summed E-state index contributed by atoms with van der Waals surface area (Å²) in [6, 6.07) is 0. The molecule has 0 aromatic carbocycles. The number of hydrogen-bond donors (Lipinski definition) is 0. The fraction of sp³-hybridized carbons (Fsp3) is 0.286. The SMILES string of the molecule is COC(=O)c1snc(C=O)c1C. The second kappa shape index (κ2) is 3.44. The summed E-state index contributed by atoms with van der Waals surface area (Å²) in [6.07, 6.45) is 0.623. The van der Waals surface area contributed by atoms with Crippen molar-refractivity contribution in [2.45, 2.75) is 6.92 Å². The van der Waals surface area contributed by atoms with Crippen LogP contribution in [0.1, 0.15) is 25.7 Å². The van der Waals surface area contributed by atoms with Crippen molar-refractivity contribution in [2.75, 3.05) is 7.11 Å². The molecule has 1 heterocycles. The molecule has 5 heteroatoms. The van der Waals surface area contributed by atoms with Gasteiger partial charge in [0.05, 0.1) is 7.11 Å². The van der Waals surface area contributed by atoms with Crippen molar-refractivity contribution in [3.63, 3.8) is 0 Å². The first-order chi connectivity index (χ1) is 5.70. The normalized spacial score (nSPS) is 9.50. The molecule has 0 aliphatic carbocycles. The minimum Gasteiger partial charge on any atom is -0.465 e. The van der Waals surface area contributed by atoms with Gasteiger partial charge in [0.2, 0.25) is 0 Å². The van der Waals surface area contributed by atoms with Crippen LogP contribution in [0.3, 0.4) is 0 Å². The Bertz CT molecular complexity index is 318. The van der Waals surface area contributed by atoms with Crippen LogP contribution in [0.4, 0.5) is 0 Å². The van der Waals surface area contributed by atoms with Crippen molar-refractivity contribution in [1.82, 2.24) is 4.37 Å². The summed E-state index contributed by atoms with van der Waals surface area (Å²) >= 11 is 0.978. The van der Waals surface area contributed by atoms with Crippen LogP contribution < -0.4 is 0 Å². The molecule has 0 saturated heterocycles. The predicted octanol–water partition coefficient (Wildman–Crippen LogP) is 1.05. The van der Waals surface area contributed by atoms with Crippen LogP contribution in [0, 0.1) is 6.92 Å². The Balaban J connectivity index is 3.10. The van der Waals surface area contributed by atoms with Crippen LogP contribution in [0.5, 0.6) is 0 Å². The molecule has 1 rings (SSSR count). The highest BCUT2D eigenvalue weighted by atomic mass is 32.1. The number of esters is 1. The van der Waals surface area contributed by atoms with E-state index in [4.69, 9.17) is 0 Å². The van der Waals surface area contributed by atoms with Crippen molar-refractivity contribution in [1.29, 1.82) is 0 Å². The molecule has 0 atom stereocenters. The number of aromatic nitrogens is 1. The third-order valence-electron chi connectivity index (χ3n) is 1.44. The average Bonchev–Trinajstić information content (AvgIpc) is 2.45. The molecule has 12 heavy (non-hydrogen) atoms. The molecule has 0 radical (unpaired) electrons. The Kier molecular flexibility index (Phi) is 2.54. The molecule has 4 nitrogen and oxygen atoms in total. The van der Waals surface area contributed by atoms with Crippen LogP contribution >= 0.6 is 11.5 Å². The number of rotatable bonds is 2. The first-order valence-corrected chi connectivity index (χ1v) is 3.97. The van der Waals surface area contributed by atoms with Crippen LogP contribution in [0.15, 0.2) is 0 Å². The lowest BCUT2D eigenvalue weighted by molar-refractivity contribution is 0.0605. The minimum absolute atomic E-state index is 0.306. The maximum atomic E-state index is 11.0. The molecule has 1 aromatic rings. The lowest BCUT2D eigenvalue weighted by Gasteiger charge is -1.94. The number of ether oxygens (including phenoxy) is 1. The quantitative estimate of drug-likeness (QED) is 0.510. The van der Waals surface area contributed by atoms with Gasteiger partial charge in [-0.2, -0.15) is 4.37 Å². The first-order valence-electron chi connectivity index (χ1n) is 3.20. The first kappa shape index (κ1) is 8.86. The average molecular weight is 185 g/mol.